The van der Waals surface area contributed by atoms with Gasteiger partial charge < -0.3 is 15.4 Å². The highest BCUT2D eigenvalue weighted by molar-refractivity contribution is 7.09. The summed E-state index contributed by atoms with van der Waals surface area (Å²) in [5.41, 5.74) is 6.27. The number of hydrogen-bond donors (Lipinski definition) is 1. The van der Waals surface area contributed by atoms with Gasteiger partial charge in [-0.25, -0.2) is 4.98 Å². The van der Waals surface area contributed by atoms with Crippen molar-refractivity contribution < 1.29 is 14.3 Å². The van der Waals surface area contributed by atoms with Crippen LogP contribution in [0.15, 0.2) is 5.38 Å². The number of carbonyl (C=O) groups excluding carboxylic acids is 2. The minimum absolute atomic E-state index is 0.0119. The van der Waals surface area contributed by atoms with Crippen LogP contribution in [0.5, 0.6) is 0 Å². The molecule has 1 aliphatic heterocycles. The van der Waals surface area contributed by atoms with E-state index < -0.39 is 0 Å². The molecular formula is C14H21N3O3S. The topological polar surface area (TPSA) is 85.5 Å². The molecule has 0 bridgehead atoms. The zero-order valence-corrected chi connectivity index (χ0v) is 13.0. The lowest BCUT2D eigenvalue weighted by Crippen LogP contribution is -2.43. The molecule has 1 aromatic heterocycles. The number of ether oxygens (including phenoxy) is 1. The summed E-state index contributed by atoms with van der Waals surface area (Å²) < 4.78 is 5.04. The summed E-state index contributed by atoms with van der Waals surface area (Å²) >= 11 is 1.47. The smallest absolute Gasteiger partial charge is 0.310 e. The Balaban J connectivity index is 1.91. The largest absolute Gasteiger partial charge is 0.466 e. The first-order chi connectivity index (χ1) is 10.1. The van der Waals surface area contributed by atoms with Crippen molar-refractivity contribution in [3.63, 3.8) is 0 Å². The molecule has 0 aliphatic carbocycles. The van der Waals surface area contributed by atoms with Crippen LogP contribution in [-0.4, -0.2) is 41.5 Å². The maximum atomic E-state index is 12.3. The van der Waals surface area contributed by atoms with Crippen LogP contribution in [0, 0.1) is 5.92 Å². The lowest BCUT2D eigenvalue weighted by Gasteiger charge is -2.31. The molecule has 21 heavy (non-hydrogen) atoms. The van der Waals surface area contributed by atoms with E-state index in [9.17, 15) is 9.59 Å². The minimum atomic E-state index is -0.200. The molecule has 1 saturated heterocycles. The molecule has 0 radical (unpaired) electrons. The van der Waals surface area contributed by atoms with E-state index in [1.54, 1.807) is 11.8 Å². The van der Waals surface area contributed by atoms with E-state index in [2.05, 4.69) is 4.98 Å². The van der Waals surface area contributed by atoms with Gasteiger partial charge in [0, 0.05) is 25.0 Å². The number of amides is 1. The van der Waals surface area contributed by atoms with Gasteiger partial charge in [-0.1, -0.05) is 0 Å². The van der Waals surface area contributed by atoms with Gasteiger partial charge in [-0.2, -0.15) is 0 Å². The number of aromatic nitrogens is 1. The maximum absolute atomic E-state index is 12.3. The molecule has 0 saturated carbocycles. The van der Waals surface area contributed by atoms with Gasteiger partial charge in [-0.05, 0) is 19.8 Å². The first-order valence-corrected chi connectivity index (χ1v) is 8.09. The molecular weight excluding hydrogens is 290 g/mol. The molecule has 6 nitrogen and oxygen atoms in total. The van der Waals surface area contributed by atoms with Crippen LogP contribution in [0.25, 0.3) is 0 Å². The molecule has 1 unspecified atom stereocenters. The highest BCUT2D eigenvalue weighted by Gasteiger charge is 2.29. The van der Waals surface area contributed by atoms with E-state index in [0.717, 1.165) is 23.5 Å². The van der Waals surface area contributed by atoms with Gasteiger partial charge >= 0.3 is 5.97 Å². The zero-order valence-electron chi connectivity index (χ0n) is 12.2. The number of carbonyl (C=O) groups is 2. The Labute approximate surface area is 128 Å². The van der Waals surface area contributed by atoms with Gasteiger partial charge in [0.25, 0.3) is 0 Å². The highest BCUT2D eigenvalue weighted by atomic mass is 32.1. The van der Waals surface area contributed by atoms with Crippen molar-refractivity contribution in [1.29, 1.82) is 0 Å². The molecule has 1 fully saturated rings. The predicted octanol–water partition coefficient (Wildman–Crippen LogP) is 0.946. The normalized spacial score (nSPS) is 18.6. The van der Waals surface area contributed by atoms with Crippen molar-refractivity contribution in [3.8, 4) is 0 Å². The molecule has 0 aromatic carbocycles. The molecule has 2 heterocycles. The van der Waals surface area contributed by atoms with E-state index in [0.29, 0.717) is 26.2 Å². The SMILES string of the molecule is CCOC(=O)C1CCCN(C(=O)Cc2csc(CN)n2)C1. The lowest BCUT2D eigenvalue weighted by atomic mass is 9.98. The van der Waals surface area contributed by atoms with Crippen molar-refractivity contribution in [2.24, 2.45) is 11.7 Å². The predicted molar refractivity (Wildman–Crippen MR) is 79.6 cm³/mol. The summed E-state index contributed by atoms with van der Waals surface area (Å²) in [6.45, 7) is 3.71. The second-order valence-corrected chi connectivity index (χ2v) is 5.99. The standard InChI is InChI=1S/C14H21N3O3S/c1-2-20-14(19)10-4-3-5-17(8-10)13(18)6-11-9-21-12(7-15)16-11/h9-10H,2-8,15H2,1H3. The minimum Gasteiger partial charge on any atom is -0.466 e. The quantitative estimate of drug-likeness (QED) is 0.818. The third-order valence-electron chi connectivity index (χ3n) is 3.50. The summed E-state index contributed by atoms with van der Waals surface area (Å²) in [7, 11) is 0. The van der Waals surface area contributed by atoms with Crippen molar-refractivity contribution >= 4 is 23.2 Å². The maximum Gasteiger partial charge on any atom is 0.310 e. The molecule has 2 rings (SSSR count). The number of piperidine rings is 1. The third-order valence-corrected chi connectivity index (χ3v) is 4.42. The average Bonchev–Trinajstić information content (AvgIpc) is 2.95. The van der Waals surface area contributed by atoms with Crippen molar-refractivity contribution in [3.05, 3.63) is 16.1 Å². The van der Waals surface area contributed by atoms with Crippen molar-refractivity contribution in [2.45, 2.75) is 32.7 Å². The summed E-state index contributed by atoms with van der Waals surface area (Å²) in [6, 6.07) is 0. The number of hydrogen-bond acceptors (Lipinski definition) is 6. The van der Waals surface area contributed by atoms with E-state index in [4.69, 9.17) is 10.5 Å². The number of rotatable bonds is 5. The van der Waals surface area contributed by atoms with E-state index in [-0.39, 0.29) is 24.2 Å². The van der Waals surface area contributed by atoms with E-state index in [1.165, 1.54) is 11.3 Å². The van der Waals surface area contributed by atoms with Crippen LogP contribution in [0.3, 0.4) is 0 Å². The number of thiazole rings is 1. The monoisotopic (exact) mass is 311 g/mol. The van der Waals surface area contributed by atoms with Crippen LogP contribution < -0.4 is 5.73 Å². The van der Waals surface area contributed by atoms with Gasteiger partial charge in [0.15, 0.2) is 0 Å². The number of nitrogens with zero attached hydrogens (tertiary/aromatic N) is 2. The van der Waals surface area contributed by atoms with Gasteiger partial charge in [-0.3, -0.25) is 9.59 Å². The molecule has 1 aromatic rings. The Kier molecular flexibility index (Phi) is 5.69. The molecule has 1 aliphatic rings. The number of likely N-dealkylation sites (tertiary alicyclic amines) is 1. The van der Waals surface area contributed by atoms with Crippen molar-refractivity contribution in [2.75, 3.05) is 19.7 Å². The van der Waals surface area contributed by atoms with Crippen LogP contribution in [0.2, 0.25) is 0 Å². The number of esters is 1. The second-order valence-electron chi connectivity index (χ2n) is 5.04. The van der Waals surface area contributed by atoms with Crippen LogP contribution in [0.1, 0.15) is 30.5 Å². The molecule has 0 spiro atoms. The molecule has 2 N–H and O–H groups in total. The van der Waals surface area contributed by atoms with Gasteiger partial charge in [0.2, 0.25) is 5.91 Å². The Morgan fingerprint density at radius 3 is 3.05 bits per heavy atom. The fourth-order valence-corrected chi connectivity index (χ4v) is 3.12. The fourth-order valence-electron chi connectivity index (χ4n) is 2.45. The lowest BCUT2D eigenvalue weighted by molar-refractivity contribution is -0.151. The van der Waals surface area contributed by atoms with Gasteiger partial charge in [0.1, 0.15) is 5.01 Å². The first-order valence-electron chi connectivity index (χ1n) is 7.21. The zero-order chi connectivity index (χ0) is 15.2. The molecule has 7 heteroatoms. The summed E-state index contributed by atoms with van der Waals surface area (Å²) in [6.07, 6.45) is 1.89. The Morgan fingerprint density at radius 2 is 2.38 bits per heavy atom. The van der Waals surface area contributed by atoms with Crippen LogP contribution in [0.4, 0.5) is 0 Å². The van der Waals surface area contributed by atoms with Crippen molar-refractivity contribution in [1.82, 2.24) is 9.88 Å². The Morgan fingerprint density at radius 1 is 1.57 bits per heavy atom. The molecule has 1 atom stereocenters. The van der Waals surface area contributed by atoms with Crippen LogP contribution >= 0.6 is 11.3 Å². The Bertz CT molecular complexity index is 503. The van der Waals surface area contributed by atoms with E-state index >= 15 is 0 Å². The Hall–Kier alpha value is -1.47. The second kappa shape index (κ2) is 7.51. The van der Waals surface area contributed by atoms with Gasteiger partial charge in [0.05, 0.1) is 24.6 Å². The molecule has 1 amide bonds. The summed E-state index contributed by atoms with van der Waals surface area (Å²) in [4.78, 5) is 30.1. The number of nitrogens with two attached hydrogens (primary N) is 1. The summed E-state index contributed by atoms with van der Waals surface area (Å²) in [5, 5.41) is 2.70. The highest BCUT2D eigenvalue weighted by Crippen LogP contribution is 2.19. The van der Waals surface area contributed by atoms with E-state index in [1.807, 2.05) is 5.38 Å². The van der Waals surface area contributed by atoms with Gasteiger partial charge in [-0.15, -0.1) is 11.3 Å². The third kappa shape index (κ3) is 4.25. The van der Waals surface area contributed by atoms with Crippen LogP contribution in [-0.2, 0) is 27.3 Å². The molecule has 116 valence electrons. The summed E-state index contributed by atoms with van der Waals surface area (Å²) in [5.74, 6) is -0.385. The first kappa shape index (κ1) is 15.9. The average molecular weight is 311 g/mol. The fraction of sp³-hybridized carbons (Fsp3) is 0.643.